The van der Waals surface area contributed by atoms with Crippen LogP contribution in [-0.2, 0) is 5.41 Å². The van der Waals surface area contributed by atoms with Gasteiger partial charge in [-0.25, -0.2) is 9.97 Å². The molecule has 1 aliphatic carbocycles. The summed E-state index contributed by atoms with van der Waals surface area (Å²) in [5.41, 5.74) is 11.0. The van der Waals surface area contributed by atoms with Crippen molar-refractivity contribution in [2.75, 3.05) is 0 Å². The van der Waals surface area contributed by atoms with Crippen LogP contribution in [0.3, 0.4) is 0 Å². The molecule has 0 saturated carbocycles. The second kappa shape index (κ2) is 9.91. The van der Waals surface area contributed by atoms with Gasteiger partial charge >= 0.3 is 0 Å². The molecule has 1 aliphatic rings. The number of hydrogen-bond acceptors (Lipinski definition) is 3. The molecule has 0 fully saturated rings. The van der Waals surface area contributed by atoms with Crippen molar-refractivity contribution in [2.45, 2.75) is 5.41 Å². The highest BCUT2D eigenvalue weighted by Crippen LogP contribution is 2.58. The maximum absolute atomic E-state index is 9.38. The smallest absolute Gasteiger partial charge is 0.141 e. The fraction of sp³-hybridized carbons (Fsp3) is 0.0250. The van der Waals surface area contributed by atoms with Gasteiger partial charge in [0.1, 0.15) is 11.8 Å². The lowest BCUT2D eigenvalue weighted by Crippen LogP contribution is -2.28. The van der Waals surface area contributed by atoms with E-state index in [1.807, 2.05) is 18.2 Å². The molecule has 8 rings (SSSR count). The van der Waals surface area contributed by atoms with Crippen molar-refractivity contribution in [3.8, 4) is 39.7 Å². The summed E-state index contributed by atoms with van der Waals surface area (Å²) in [4.78, 5) is 9.20. The van der Waals surface area contributed by atoms with Gasteiger partial charge in [-0.05, 0) is 74.5 Å². The van der Waals surface area contributed by atoms with Crippen LogP contribution >= 0.6 is 0 Å². The van der Waals surface area contributed by atoms with E-state index in [1.54, 1.807) is 12.3 Å². The Morgan fingerprint density at radius 3 is 1.95 bits per heavy atom. The minimum Gasteiger partial charge on any atom is -0.248 e. The van der Waals surface area contributed by atoms with Gasteiger partial charge in [0.25, 0.3) is 0 Å². The van der Waals surface area contributed by atoms with Crippen molar-refractivity contribution in [1.82, 2.24) is 9.97 Å². The molecule has 0 radical (unpaired) electrons. The Morgan fingerprint density at radius 1 is 0.558 bits per heavy atom. The van der Waals surface area contributed by atoms with Crippen LogP contribution in [0.4, 0.5) is 0 Å². The van der Waals surface area contributed by atoms with Crippen LogP contribution in [0.2, 0.25) is 0 Å². The van der Waals surface area contributed by atoms with E-state index in [1.165, 1.54) is 44.2 Å². The highest BCUT2D eigenvalue weighted by Gasteiger charge is 2.46. The number of rotatable bonds is 4. The zero-order valence-corrected chi connectivity index (χ0v) is 23.3. The quantitative estimate of drug-likeness (QED) is 0.221. The first kappa shape index (κ1) is 24.9. The molecule has 43 heavy (non-hydrogen) atoms. The summed E-state index contributed by atoms with van der Waals surface area (Å²) in [7, 11) is 0. The third-order valence-electron chi connectivity index (χ3n) is 8.65. The Kier molecular flexibility index (Phi) is 5.74. The number of nitriles is 1. The van der Waals surface area contributed by atoms with Crippen LogP contribution < -0.4 is 0 Å². The first-order chi connectivity index (χ1) is 21.3. The Hall–Kier alpha value is -5.85. The van der Waals surface area contributed by atoms with Crippen molar-refractivity contribution in [3.63, 3.8) is 0 Å². The maximum atomic E-state index is 9.38. The molecule has 2 aromatic heterocycles. The predicted octanol–water partition coefficient (Wildman–Crippen LogP) is 9.20. The van der Waals surface area contributed by atoms with Gasteiger partial charge in [-0.15, -0.1) is 0 Å². The molecule has 200 valence electrons. The number of pyridine rings is 2. The van der Waals surface area contributed by atoms with Crippen molar-refractivity contribution >= 4 is 10.8 Å². The van der Waals surface area contributed by atoms with Crippen LogP contribution in [0.1, 0.15) is 27.9 Å². The summed E-state index contributed by atoms with van der Waals surface area (Å²) in [6.45, 7) is 0. The number of fused-ring (bicyclic) bond motifs is 5. The average molecular weight is 548 g/mol. The van der Waals surface area contributed by atoms with E-state index in [-0.39, 0.29) is 0 Å². The van der Waals surface area contributed by atoms with Gasteiger partial charge in [0.15, 0.2) is 0 Å². The van der Waals surface area contributed by atoms with Gasteiger partial charge in [-0.2, -0.15) is 5.26 Å². The zero-order chi connectivity index (χ0) is 28.8. The van der Waals surface area contributed by atoms with E-state index in [0.717, 1.165) is 22.5 Å². The fourth-order valence-corrected chi connectivity index (χ4v) is 6.82. The molecule has 0 unspecified atom stereocenters. The summed E-state index contributed by atoms with van der Waals surface area (Å²) in [6, 6.07) is 53.7. The predicted molar refractivity (Wildman–Crippen MR) is 172 cm³/mol. The van der Waals surface area contributed by atoms with E-state index in [4.69, 9.17) is 4.98 Å². The largest absolute Gasteiger partial charge is 0.248 e. The molecule has 0 atom stereocenters. The van der Waals surface area contributed by atoms with E-state index in [9.17, 15) is 5.26 Å². The molecule has 2 heterocycles. The topological polar surface area (TPSA) is 49.6 Å². The van der Waals surface area contributed by atoms with Crippen LogP contribution in [0.5, 0.6) is 0 Å². The van der Waals surface area contributed by atoms with Gasteiger partial charge in [0.05, 0.1) is 16.8 Å². The van der Waals surface area contributed by atoms with E-state index < -0.39 is 5.41 Å². The standard InChI is InChI=1S/C40H25N3/c41-26-32-24-29(22-23-42-32)38-17-9-16-37(43-38)28-18-20-34-36(25-28)40(30-11-3-1-4-12-30,31-13-5-2-6-14-31)35-21-19-27-10-7-8-15-33(27)39(34)35/h1-25H. The summed E-state index contributed by atoms with van der Waals surface area (Å²) in [5.74, 6) is 0. The highest BCUT2D eigenvalue weighted by atomic mass is 14.7. The molecule has 0 saturated heterocycles. The first-order valence-corrected chi connectivity index (χ1v) is 14.4. The van der Waals surface area contributed by atoms with Crippen LogP contribution in [0.15, 0.2) is 152 Å². The fourth-order valence-electron chi connectivity index (χ4n) is 6.82. The second-order valence-electron chi connectivity index (χ2n) is 10.9. The number of nitrogens with zero attached hydrogens (tertiary/aromatic N) is 3. The minimum atomic E-state index is -0.502. The molecule has 0 aliphatic heterocycles. The zero-order valence-electron chi connectivity index (χ0n) is 23.3. The Bertz CT molecular complexity index is 2150. The lowest BCUT2D eigenvalue weighted by atomic mass is 9.67. The van der Waals surface area contributed by atoms with Gasteiger partial charge in [0.2, 0.25) is 0 Å². The molecular formula is C40H25N3. The molecule has 0 spiro atoms. The SMILES string of the molecule is N#Cc1cc(-c2cccc(-c3ccc4c(c3)C(c3ccccc3)(c3ccccc3)c3ccc5ccccc5c3-4)n2)ccn1. The van der Waals surface area contributed by atoms with Gasteiger partial charge in [-0.1, -0.05) is 115 Å². The number of hydrogen-bond donors (Lipinski definition) is 0. The van der Waals surface area contributed by atoms with Crippen molar-refractivity contribution in [3.05, 3.63) is 180 Å². The minimum absolute atomic E-state index is 0.378. The van der Waals surface area contributed by atoms with Crippen LogP contribution in [-0.4, -0.2) is 9.97 Å². The van der Waals surface area contributed by atoms with Gasteiger partial charge < -0.3 is 0 Å². The van der Waals surface area contributed by atoms with E-state index in [2.05, 4.69) is 132 Å². The van der Waals surface area contributed by atoms with Gasteiger partial charge in [0, 0.05) is 17.3 Å². The molecule has 3 heteroatoms. The number of aromatic nitrogens is 2. The summed E-state index contributed by atoms with van der Waals surface area (Å²) >= 11 is 0. The van der Waals surface area contributed by atoms with Crippen LogP contribution in [0, 0.1) is 11.3 Å². The molecule has 3 nitrogen and oxygen atoms in total. The molecular weight excluding hydrogens is 522 g/mol. The summed E-state index contributed by atoms with van der Waals surface area (Å²) in [5, 5.41) is 11.9. The lowest BCUT2D eigenvalue weighted by Gasteiger charge is -2.34. The van der Waals surface area contributed by atoms with Crippen LogP contribution in [0.25, 0.3) is 44.4 Å². The van der Waals surface area contributed by atoms with Gasteiger partial charge in [-0.3, -0.25) is 0 Å². The molecule has 7 aromatic rings. The lowest BCUT2D eigenvalue weighted by molar-refractivity contribution is 0.769. The van der Waals surface area contributed by atoms with Crippen molar-refractivity contribution in [1.29, 1.82) is 5.26 Å². The van der Waals surface area contributed by atoms with E-state index in [0.29, 0.717) is 5.69 Å². The monoisotopic (exact) mass is 547 g/mol. The van der Waals surface area contributed by atoms with Crippen molar-refractivity contribution < 1.29 is 0 Å². The van der Waals surface area contributed by atoms with E-state index >= 15 is 0 Å². The maximum Gasteiger partial charge on any atom is 0.141 e. The number of benzene rings is 5. The van der Waals surface area contributed by atoms with Crippen molar-refractivity contribution in [2.24, 2.45) is 0 Å². The summed E-state index contributed by atoms with van der Waals surface area (Å²) in [6.07, 6.45) is 1.66. The Balaban J connectivity index is 1.42. The highest BCUT2D eigenvalue weighted by molar-refractivity contribution is 6.04. The first-order valence-electron chi connectivity index (χ1n) is 14.4. The second-order valence-corrected chi connectivity index (χ2v) is 10.9. The Labute approximate surface area is 250 Å². The molecule has 0 bridgehead atoms. The summed E-state index contributed by atoms with van der Waals surface area (Å²) < 4.78 is 0. The average Bonchev–Trinajstić information content (AvgIpc) is 3.40. The third kappa shape index (κ3) is 3.81. The molecule has 0 N–H and O–H groups in total. The third-order valence-corrected chi connectivity index (χ3v) is 8.65. The molecule has 5 aromatic carbocycles. The normalized spacial score (nSPS) is 12.8. The Morgan fingerprint density at radius 2 is 1.23 bits per heavy atom. The molecule has 0 amide bonds.